The van der Waals surface area contributed by atoms with Gasteiger partial charge in [0.25, 0.3) is 0 Å². The van der Waals surface area contributed by atoms with Gasteiger partial charge in [-0.05, 0) is 37.5 Å². The largest absolute Gasteiger partial charge is 0.495 e. The predicted molar refractivity (Wildman–Crippen MR) is 128 cm³/mol. The van der Waals surface area contributed by atoms with Crippen molar-refractivity contribution in [3.8, 4) is 5.75 Å². The number of hydrogen-bond acceptors (Lipinski definition) is 6. The summed E-state index contributed by atoms with van der Waals surface area (Å²) in [5.41, 5.74) is 1.25. The molecule has 3 aliphatic rings. The lowest BCUT2D eigenvalue weighted by molar-refractivity contribution is -0.118. The smallest absolute Gasteiger partial charge is 0.409 e. The molecule has 0 spiro atoms. The number of nitrogens with zero attached hydrogens (tertiary/aromatic N) is 1. The summed E-state index contributed by atoms with van der Waals surface area (Å²) in [5.74, 6) is 0.435. The molecule has 3 aliphatic heterocycles. The van der Waals surface area contributed by atoms with Crippen LogP contribution in [-0.2, 0) is 20.7 Å². The van der Waals surface area contributed by atoms with Gasteiger partial charge in [-0.25, -0.2) is 4.79 Å². The van der Waals surface area contributed by atoms with E-state index in [4.69, 9.17) is 25.8 Å². The molecule has 34 heavy (non-hydrogen) atoms. The van der Waals surface area contributed by atoms with Crippen molar-refractivity contribution < 1.29 is 28.9 Å². The molecule has 0 radical (unpaired) electrons. The highest BCUT2D eigenvalue weighted by atomic mass is 35.5. The fourth-order valence-corrected chi connectivity index (χ4v) is 4.90. The second-order valence-corrected chi connectivity index (χ2v) is 9.66. The van der Waals surface area contributed by atoms with E-state index in [0.717, 1.165) is 11.1 Å². The number of anilines is 1. The van der Waals surface area contributed by atoms with Gasteiger partial charge < -0.3 is 24.2 Å². The number of carbonyl (C=O) groups is 2. The lowest BCUT2D eigenvalue weighted by Gasteiger charge is -2.36. The molecule has 4 atom stereocenters. The van der Waals surface area contributed by atoms with Gasteiger partial charge >= 0.3 is 6.09 Å². The van der Waals surface area contributed by atoms with Crippen molar-refractivity contribution in [3.63, 3.8) is 0 Å². The number of rotatable bonds is 1. The number of epoxide rings is 1. The third-order valence-corrected chi connectivity index (χ3v) is 6.87. The number of methoxy groups -OCH3 is 1. The summed E-state index contributed by atoms with van der Waals surface area (Å²) >= 11 is 6.54. The second-order valence-electron chi connectivity index (χ2n) is 9.28. The number of benzene rings is 1. The number of ether oxygens (including phenoxy) is 3. The van der Waals surface area contributed by atoms with E-state index in [1.807, 2.05) is 37.3 Å². The first-order chi connectivity index (χ1) is 16.2. The predicted octanol–water partition coefficient (Wildman–Crippen LogP) is 3.88. The maximum atomic E-state index is 12.9. The monoisotopic (exact) mass is 490 g/mol. The molecule has 1 aromatic rings. The van der Waals surface area contributed by atoms with E-state index in [1.165, 1.54) is 0 Å². The summed E-state index contributed by atoms with van der Waals surface area (Å²) in [6, 6.07) is 3.78. The number of halogens is 1. The molecular formula is C25H31ClN2O6. The molecule has 2 unspecified atom stereocenters. The maximum Gasteiger partial charge on any atom is 0.409 e. The highest BCUT2D eigenvalue weighted by Gasteiger charge is 2.45. The molecule has 4 bridgehead atoms. The van der Waals surface area contributed by atoms with Crippen LogP contribution in [0.5, 0.6) is 5.75 Å². The lowest BCUT2D eigenvalue weighted by Crippen LogP contribution is -2.56. The Hall–Kier alpha value is -2.55. The van der Waals surface area contributed by atoms with Gasteiger partial charge in [0.15, 0.2) is 0 Å². The third-order valence-electron chi connectivity index (χ3n) is 6.49. The summed E-state index contributed by atoms with van der Waals surface area (Å²) in [6.07, 6.45) is 6.86. The average molecular weight is 491 g/mol. The summed E-state index contributed by atoms with van der Waals surface area (Å²) in [5, 5.41) is 13.8. The van der Waals surface area contributed by atoms with Crippen LogP contribution in [0.2, 0.25) is 5.02 Å². The van der Waals surface area contributed by atoms with Crippen LogP contribution in [0.25, 0.3) is 0 Å². The van der Waals surface area contributed by atoms with Crippen LogP contribution in [0, 0.1) is 0 Å². The maximum absolute atomic E-state index is 12.9. The van der Waals surface area contributed by atoms with Crippen molar-refractivity contribution >= 4 is 29.3 Å². The van der Waals surface area contributed by atoms with Gasteiger partial charge in [-0.2, -0.15) is 0 Å². The average Bonchev–Trinajstić information content (AvgIpc) is 3.51. The van der Waals surface area contributed by atoms with Crippen LogP contribution in [0.4, 0.5) is 10.5 Å². The molecule has 2 amide bonds. The zero-order chi connectivity index (χ0) is 24.5. The third kappa shape index (κ3) is 5.74. The van der Waals surface area contributed by atoms with Crippen molar-refractivity contribution in [3.05, 3.63) is 46.5 Å². The SMILES string of the molecule is COc1cc2cc(c1Cl)N(C)C(=O)CCC1O[C@H]1CC1C[C@](O)(C/C=C/C=C(\C)C2)NC(=O)O1. The standard InChI is InChI=1S/C25H31ClN2O6/c1-15-6-4-5-9-25(31)14-17(33-24(30)27-25)13-20-19(34-20)7-8-22(29)28(2)18-11-16(10-15)12-21(32-3)23(18)26/h4-6,11-12,17,19-20,31H,7-10,13-14H2,1-3H3,(H,27,30)/b5-4+,15-6+/t17?,19?,20-,25+/m0/s1. The van der Waals surface area contributed by atoms with Crippen molar-refractivity contribution in [1.29, 1.82) is 0 Å². The van der Waals surface area contributed by atoms with Crippen LogP contribution in [0.1, 0.15) is 44.6 Å². The van der Waals surface area contributed by atoms with Crippen molar-refractivity contribution in [1.82, 2.24) is 5.32 Å². The summed E-state index contributed by atoms with van der Waals surface area (Å²) in [4.78, 5) is 26.5. The van der Waals surface area contributed by atoms with Crippen LogP contribution in [0.3, 0.4) is 0 Å². The van der Waals surface area contributed by atoms with Gasteiger partial charge in [-0.1, -0.05) is 35.4 Å². The number of amides is 2. The fourth-order valence-electron chi connectivity index (χ4n) is 4.58. The Bertz CT molecular complexity index is 1020. The number of carbonyl (C=O) groups excluding carboxylic acids is 2. The van der Waals surface area contributed by atoms with E-state index in [9.17, 15) is 14.7 Å². The Balaban J connectivity index is 1.61. The van der Waals surface area contributed by atoms with Crippen LogP contribution < -0.4 is 15.0 Å². The summed E-state index contributed by atoms with van der Waals surface area (Å²) in [7, 11) is 3.26. The lowest BCUT2D eigenvalue weighted by atomic mass is 9.96. The molecule has 0 aliphatic carbocycles. The molecular weight excluding hydrogens is 460 g/mol. The normalized spacial score (nSPS) is 32.6. The number of nitrogens with one attached hydrogen (secondary N) is 1. The van der Waals surface area contributed by atoms with Crippen LogP contribution in [-0.4, -0.2) is 55.3 Å². The van der Waals surface area contributed by atoms with E-state index in [-0.39, 0.29) is 31.0 Å². The fraction of sp³-hybridized carbons (Fsp3) is 0.520. The molecule has 2 fully saturated rings. The molecule has 0 saturated carbocycles. The molecule has 2 saturated heterocycles. The molecule has 0 aromatic heterocycles. The van der Waals surface area contributed by atoms with Gasteiger partial charge in [0.2, 0.25) is 5.91 Å². The number of aliphatic hydroxyl groups is 1. The zero-order valence-corrected chi connectivity index (χ0v) is 20.4. The van der Waals surface area contributed by atoms with Gasteiger partial charge in [-0.3, -0.25) is 10.1 Å². The molecule has 8 nitrogen and oxygen atoms in total. The number of allylic oxidation sites excluding steroid dienone is 3. The minimum absolute atomic E-state index is 0.0777. The summed E-state index contributed by atoms with van der Waals surface area (Å²) in [6.45, 7) is 2.00. The molecule has 184 valence electrons. The van der Waals surface area contributed by atoms with Gasteiger partial charge in [-0.15, -0.1) is 0 Å². The van der Waals surface area contributed by atoms with Gasteiger partial charge in [0, 0.05) is 32.7 Å². The Morgan fingerprint density at radius 1 is 1.29 bits per heavy atom. The number of alkyl carbamates (subject to hydrolysis) is 1. The molecule has 4 rings (SSSR count). The van der Waals surface area contributed by atoms with E-state index >= 15 is 0 Å². The first-order valence-corrected chi connectivity index (χ1v) is 11.9. The second kappa shape index (κ2) is 9.98. The van der Waals surface area contributed by atoms with E-state index < -0.39 is 17.9 Å². The van der Waals surface area contributed by atoms with Crippen molar-refractivity contribution in [2.24, 2.45) is 0 Å². The van der Waals surface area contributed by atoms with Crippen molar-refractivity contribution in [2.45, 2.75) is 69.5 Å². The quantitative estimate of drug-likeness (QED) is 0.579. The van der Waals surface area contributed by atoms with E-state index in [1.54, 1.807) is 19.1 Å². The molecule has 1 aromatic carbocycles. The molecule has 9 heteroatoms. The Labute approximate surface area is 204 Å². The van der Waals surface area contributed by atoms with Gasteiger partial charge in [0.05, 0.1) is 25.0 Å². The van der Waals surface area contributed by atoms with E-state index in [0.29, 0.717) is 42.1 Å². The summed E-state index contributed by atoms with van der Waals surface area (Å²) < 4.78 is 16.5. The zero-order valence-electron chi connectivity index (χ0n) is 19.7. The minimum Gasteiger partial charge on any atom is -0.495 e. The highest BCUT2D eigenvalue weighted by molar-refractivity contribution is 6.35. The Morgan fingerprint density at radius 2 is 2.09 bits per heavy atom. The number of hydrogen-bond donors (Lipinski definition) is 2. The van der Waals surface area contributed by atoms with E-state index in [2.05, 4.69) is 5.32 Å². The van der Waals surface area contributed by atoms with Crippen molar-refractivity contribution in [2.75, 3.05) is 19.1 Å². The minimum atomic E-state index is -1.37. The number of fused-ring (bicyclic) bond motifs is 5. The Kier molecular flexibility index (Phi) is 7.21. The molecule has 3 heterocycles. The Morgan fingerprint density at radius 3 is 2.85 bits per heavy atom. The van der Waals surface area contributed by atoms with Gasteiger partial charge in [0.1, 0.15) is 22.6 Å². The highest BCUT2D eigenvalue weighted by Crippen LogP contribution is 2.38. The molecule has 2 N–H and O–H groups in total. The van der Waals surface area contributed by atoms with Crippen LogP contribution in [0.15, 0.2) is 35.9 Å². The first kappa shape index (κ1) is 24.6. The van der Waals surface area contributed by atoms with Crippen LogP contribution >= 0.6 is 11.6 Å². The topological polar surface area (TPSA) is 101 Å². The first-order valence-electron chi connectivity index (χ1n) is 11.5.